The number of carbonyl (C=O) groups excluding carboxylic acids is 1. The number of hydrogen-bond donors (Lipinski definition) is 0. The first-order chi connectivity index (χ1) is 10.2. The van der Waals surface area contributed by atoms with Gasteiger partial charge in [0, 0.05) is 42.5 Å². The van der Waals surface area contributed by atoms with Crippen molar-refractivity contribution in [2.24, 2.45) is 0 Å². The minimum atomic E-state index is 0.153. The maximum Gasteiger partial charge on any atom is 0.164 e. The van der Waals surface area contributed by atoms with Crippen LogP contribution in [0.4, 0.5) is 0 Å². The topological polar surface area (TPSA) is 33.2 Å². The lowest BCUT2D eigenvalue weighted by Gasteiger charge is -2.19. The number of Topliss-reactive ketones (excluding diaryl/α,β-unsaturated/α-hetero) is 1. The van der Waals surface area contributed by atoms with Crippen molar-refractivity contribution in [2.75, 3.05) is 13.1 Å². The van der Waals surface area contributed by atoms with Gasteiger partial charge < -0.3 is 0 Å². The first kappa shape index (κ1) is 15.7. The first-order valence-electron chi connectivity index (χ1n) is 7.09. The average Bonchev–Trinajstić information content (AvgIpc) is 2.52. The van der Waals surface area contributed by atoms with Gasteiger partial charge in [0.1, 0.15) is 0 Å². The molecule has 0 spiro atoms. The van der Waals surface area contributed by atoms with E-state index < -0.39 is 0 Å². The zero-order valence-corrected chi connectivity index (χ0v) is 12.9. The van der Waals surface area contributed by atoms with Crippen LogP contribution < -0.4 is 0 Å². The molecule has 0 atom stereocenters. The number of pyridine rings is 1. The van der Waals surface area contributed by atoms with Gasteiger partial charge in [0.15, 0.2) is 5.78 Å². The summed E-state index contributed by atoms with van der Waals surface area (Å²) in [5.74, 6) is 0.153. The largest absolute Gasteiger partial charge is 0.299 e. The lowest BCUT2D eigenvalue weighted by atomic mass is 10.1. The summed E-state index contributed by atoms with van der Waals surface area (Å²) < 4.78 is 0. The Kier molecular flexibility index (Phi) is 5.90. The Morgan fingerprint density at radius 3 is 2.43 bits per heavy atom. The molecule has 2 rings (SSSR count). The van der Waals surface area contributed by atoms with Crippen LogP contribution in [0.1, 0.15) is 29.3 Å². The monoisotopic (exact) mass is 302 g/mol. The Hall–Kier alpha value is -1.71. The molecule has 1 aromatic carbocycles. The third-order valence-corrected chi connectivity index (χ3v) is 3.68. The highest BCUT2D eigenvalue weighted by Crippen LogP contribution is 2.12. The molecule has 3 nitrogen and oxygen atoms in total. The number of ketones is 1. The second-order valence-corrected chi connectivity index (χ2v) is 5.34. The molecule has 0 saturated heterocycles. The molecule has 4 heteroatoms. The zero-order chi connectivity index (χ0) is 15.1. The normalized spacial score (nSPS) is 10.8. The number of aromatic nitrogens is 1. The number of nitrogens with zero attached hydrogens (tertiary/aromatic N) is 2. The fraction of sp³-hybridized carbons (Fsp3) is 0.294. The van der Waals surface area contributed by atoms with Gasteiger partial charge in [0.05, 0.1) is 0 Å². The quantitative estimate of drug-likeness (QED) is 0.729. The van der Waals surface area contributed by atoms with Gasteiger partial charge >= 0.3 is 0 Å². The van der Waals surface area contributed by atoms with Crippen LogP contribution in [-0.4, -0.2) is 28.8 Å². The predicted molar refractivity (Wildman–Crippen MR) is 85.6 cm³/mol. The third kappa shape index (κ3) is 4.96. The number of hydrogen-bond acceptors (Lipinski definition) is 3. The molecule has 0 aliphatic heterocycles. The average molecular weight is 303 g/mol. The fourth-order valence-electron chi connectivity index (χ4n) is 2.14. The molecule has 0 radical (unpaired) electrons. The lowest BCUT2D eigenvalue weighted by molar-refractivity contribution is 0.0963. The van der Waals surface area contributed by atoms with Crippen LogP contribution in [0.2, 0.25) is 5.02 Å². The molecule has 0 unspecified atom stereocenters. The maximum atomic E-state index is 12.1. The first-order valence-corrected chi connectivity index (χ1v) is 7.47. The minimum absolute atomic E-state index is 0.153. The van der Waals surface area contributed by atoms with Crippen molar-refractivity contribution in [3.63, 3.8) is 0 Å². The molecule has 0 saturated carbocycles. The van der Waals surface area contributed by atoms with E-state index in [1.807, 2.05) is 12.1 Å². The standard InChI is InChI=1S/C17H19ClN2O/c1-2-20(13-14-7-10-19-11-8-14)12-9-17(21)15-3-5-16(18)6-4-15/h3-8,10-11H,2,9,12-13H2,1H3. The van der Waals surface area contributed by atoms with Crippen LogP contribution in [-0.2, 0) is 6.54 Å². The van der Waals surface area contributed by atoms with Crippen LogP contribution in [0, 0.1) is 0 Å². The summed E-state index contributed by atoms with van der Waals surface area (Å²) in [7, 11) is 0. The van der Waals surface area contributed by atoms with E-state index >= 15 is 0 Å². The Balaban J connectivity index is 1.88. The second kappa shape index (κ2) is 7.91. The highest BCUT2D eigenvalue weighted by Gasteiger charge is 2.09. The molecule has 0 N–H and O–H groups in total. The van der Waals surface area contributed by atoms with Crippen molar-refractivity contribution >= 4 is 17.4 Å². The Morgan fingerprint density at radius 2 is 1.81 bits per heavy atom. The van der Waals surface area contributed by atoms with E-state index in [1.165, 1.54) is 5.56 Å². The molecule has 2 aromatic rings. The molecule has 0 aliphatic carbocycles. The summed E-state index contributed by atoms with van der Waals surface area (Å²) in [5, 5.41) is 0.652. The van der Waals surface area contributed by atoms with E-state index in [0.29, 0.717) is 11.4 Å². The molecule has 1 heterocycles. The summed E-state index contributed by atoms with van der Waals surface area (Å²) in [6.45, 7) is 4.61. The van der Waals surface area contributed by atoms with Crippen molar-refractivity contribution in [1.82, 2.24) is 9.88 Å². The van der Waals surface area contributed by atoms with E-state index in [4.69, 9.17) is 11.6 Å². The summed E-state index contributed by atoms with van der Waals surface area (Å²) in [6.07, 6.45) is 4.10. The van der Waals surface area contributed by atoms with Gasteiger partial charge in [-0.1, -0.05) is 18.5 Å². The van der Waals surface area contributed by atoms with Crippen LogP contribution in [0.3, 0.4) is 0 Å². The Bertz CT molecular complexity index is 569. The highest BCUT2D eigenvalue weighted by molar-refractivity contribution is 6.30. The zero-order valence-electron chi connectivity index (χ0n) is 12.1. The molecule has 0 amide bonds. The highest BCUT2D eigenvalue weighted by atomic mass is 35.5. The van der Waals surface area contributed by atoms with Crippen molar-refractivity contribution in [3.8, 4) is 0 Å². The van der Waals surface area contributed by atoms with Crippen LogP contribution in [0.5, 0.6) is 0 Å². The summed E-state index contributed by atoms with van der Waals surface area (Å²) in [5.41, 5.74) is 1.94. The van der Waals surface area contributed by atoms with Crippen molar-refractivity contribution in [2.45, 2.75) is 19.9 Å². The predicted octanol–water partition coefficient (Wildman–Crippen LogP) is 3.83. The fourth-order valence-corrected chi connectivity index (χ4v) is 2.26. The van der Waals surface area contributed by atoms with E-state index in [9.17, 15) is 4.79 Å². The van der Waals surface area contributed by atoms with Crippen molar-refractivity contribution < 1.29 is 4.79 Å². The van der Waals surface area contributed by atoms with Crippen LogP contribution in [0.25, 0.3) is 0 Å². The second-order valence-electron chi connectivity index (χ2n) is 4.90. The Morgan fingerprint density at radius 1 is 1.14 bits per heavy atom. The van der Waals surface area contributed by atoms with Gasteiger partial charge in [-0.15, -0.1) is 0 Å². The molecule has 110 valence electrons. The van der Waals surface area contributed by atoms with E-state index in [1.54, 1.807) is 36.7 Å². The van der Waals surface area contributed by atoms with Crippen molar-refractivity contribution in [3.05, 3.63) is 64.9 Å². The van der Waals surface area contributed by atoms with Gasteiger partial charge in [-0.05, 0) is 48.5 Å². The van der Waals surface area contributed by atoms with Gasteiger partial charge in [0.2, 0.25) is 0 Å². The molecular weight excluding hydrogens is 284 g/mol. The van der Waals surface area contributed by atoms with E-state index in [0.717, 1.165) is 25.2 Å². The molecule has 21 heavy (non-hydrogen) atoms. The van der Waals surface area contributed by atoms with Gasteiger partial charge in [-0.25, -0.2) is 0 Å². The van der Waals surface area contributed by atoms with Crippen molar-refractivity contribution in [1.29, 1.82) is 0 Å². The molecule has 1 aromatic heterocycles. The number of carbonyl (C=O) groups is 1. The summed E-state index contributed by atoms with van der Waals surface area (Å²) in [4.78, 5) is 18.4. The maximum absolute atomic E-state index is 12.1. The third-order valence-electron chi connectivity index (χ3n) is 3.42. The Labute approximate surface area is 130 Å². The smallest absolute Gasteiger partial charge is 0.164 e. The van der Waals surface area contributed by atoms with Crippen LogP contribution >= 0.6 is 11.6 Å². The van der Waals surface area contributed by atoms with E-state index in [-0.39, 0.29) is 5.78 Å². The number of halogens is 1. The molecule has 0 fully saturated rings. The summed E-state index contributed by atoms with van der Waals surface area (Å²) in [6, 6.07) is 11.1. The number of benzene rings is 1. The molecular formula is C17H19ClN2O. The molecule has 0 bridgehead atoms. The van der Waals surface area contributed by atoms with Gasteiger partial charge in [-0.2, -0.15) is 0 Å². The SMILES string of the molecule is CCN(CCC(=O)c1ccc(Cl)cc1)Cc1ccncc1. The molecule has 0 aliphatic rings. The van der Waals surface area contributed by atoms with Gasteiger partial charge in [-0.3, -0.25) is 14.7 Å². The van der Waals surface area contributed by atoms with Crippen LogP contribution in [0.15, 0.2) is 48.8 Å². The summed E-state index contributed by atoms with van der Waals surface area (Å²) >= 11 is 5.83. The number of rotatable bonds is 7. The van der Waals surface area contributed by atoms with Gasteiger partial charge in [0.25, 0.3) is 0 Å². The lowest BCUT2D eigenvalue weighted by Crippen LogP contribution is -2.25. The van der Waals surface area contributed by atoms with E-state index in [2.05, 4.69) is 16.8 Å². The minimum Gasteiger partial charge on any atom is -0.299 e.